The Balaban J connectivity index is 2.51. The van der Waals surface area contributed by atoms with Gasteiger partial charge in [-0.1, -0.05) is 12.1 Å². The van der Waals surface area contributed by atoms with Crippen LogP contribution in [0, 0.1) is 0 Å². The van der Waals surface area contributed by atoms with Gasteiger partial charge in [-0.2, -0.15) is 0 Å². The van der Waals surface area contributed by atoms with Gasteiger partial charge in [0.25, 0.3) is 0 Å². The maximum absolute atomic E-state index is 11.8. The minimum Gasteiger partial charge on any atom is -0.480 e. The van der Waals surface area contributed by atoms with Gasteiger partial charge in [0.1, 0.15) is 11.6 Å². The summed E-state index contributed by atoms with van der Waals surface area (Å²) in [5, 5.41) is 8.61. The van der Waals surface area contributed by atoms with Crippen LogP contribution in [0.25, 0.3) is 0 Å². The molecule has 116 valence electrons. The number of benzene rings is 1. The van der Waals surface area contributed by atoms with E-state index in [1.54, 1.807) is 45.0 Å². The molecule has 1 atom stereocenters. The third-order valence-corrected chi connectivity index (χ3v) is 2.47. The van der Waals surface area contributed by atoms with Gasteiger partial charge in [-0.25, -0.2) is 4.79 Å². The molecule has 0 bridgehead atoms. The summed E-state index contributed by atoms with van der Waals surface area (Å²) in [5.41, 5.74) is 6.06. The molecule has 0 spiro atoms. The molecular formula is C15H21NO5. The zero-order chi connectivity index (χ0) is 16.0. The lowest BCUT2D eigenvalue weighted by atomic mass is 10.1. The number of nitrogens with two attached hydrogens (primary N) is 1. The Labute approximate surface area is 123 Å². The van der Waals surface area contributed by atoms with E-state index in [1.165, 1.54) is 0 Å². The van der Waals surface area contributed by atoms with E-state index in [9.17, 15) is 9.59 Å². The first-order valence-electron chi connectivity index (χ1n) is 6.57. The lowest BCUT2D eigenvalue weighted by Crippen LogP contribution is -2.34. The standard InChI is InChI=1S/C15H21NO5/c1-15(2,3)21-14(19)11-6-4-10(5-7-11)8-20-9-12(16)13(17)18/h4-7,12H,8-9,16H2,1-3H3,(H,17,18)/t12-/m0/s1. The molecule has 0 unspecified atom stereocenters. The number of esters is 1. The molecule has 6 nitrogen and oxygen atoms in total. The van der Waals surface area contributed by atoms with Gasteiger partial charge in [0.05, 0.1) is 18.8 Å². The molecule has 0 heterocycles. The lowest BCUT2D eigenvalue weighted by Gasteiger charge is -2.19. The molecule has 0 fully saturated rings. The molecule has 21 heavy (non-hydrogen) atoms. The van der Waals surface area contributed by atoms with Gasteiger partial charge in [0, 0.05) is 0 Å². The van der Waals surface area contributed by atoms with Crippen molar-refractivity contribution in [1.29, 1.82) is 0 Å². The number of rotatable bonds is 6. The van der Waals surface area contributed by atoms with Gasteiger partial charge < -0.3 is 20.3 Å². The highest BCUT2D eigenvalue weighted by atomic mass is 16.6. The van der Waals surface area contributed by atoms with E-state index in [0.717, 1.165) is 5.56 Å². The van der Waals surface area contributed by atoms with E-state index in [4.69, 9.17) is 20.3 Å². The van der Waals surface area contributed by atoms with Crippen molar-refractivity contribution in [2.75, 3.05) is 6.61 Å². The molecular weight excluding hydrogens is 274 g/mol. The Bertz CT molecular complexity index is 490. The van der Waals surface area contributed by atoms with E-state index in [-0.39, 0.29) is 19.2 Å². The van der Waals surface area contributed by atoms with Crippen LogP contribution in [0.3, 0.4) is 0 Å². The normalized spacial score (nSPS) is 12.8. The van der Waals surface area contributed by atoms with Crippen LogP contribution >= 0.6 is 0 Å². The molecule has 0 radical (unpaired) electrons. The third kappa shape index (κ3) is 6.37. The largest absolute Gasteiger partial charge is 0.480 e. The Hall–Kier alpha value is -1.92. The first-order chi connectivity index (χ1) is 9.69. The topological polar surface area (TPSA) is 98.9 Å². The summed E-state index contributed by atoms with van der Waals surface area (Å²) in [7, 11) is 0. The molecule has 0 saturated heterocycles. The van der Waals surface area contributed by atoms with E-state index in [0.29, 0.717) is 5.56 Å². The predicted octanol–water partition coefficient (Wildman–Crippen LogP) is 1.57. The maximum Gasteiger partial charge on any atom is 0.338 e. The molecule has 1 rings (SSSR count). The lowest BCUT2D eigenvalue weighted by molar-refractivity contribution is -0.140. The van der Waals surface area contributed by atoms with Crippen molar-refractivity contribution in [3.05, 3.63) is 35.4 Å². The van der Waals surface area contributed by atoms with Gasteiger partial charge in [-0.3, -0.25) is 4.79 Å². The minimum atomic E-state index is -1.10. The third-order valence-electron chi connectivity index (χ3n) is 2.47. The van der Waals surface area contributed by atoms with Crippen molar-refractivity contribution < 1.29 is 24.2 Å². The number of carboxylic acids is 1. The van der Waals surface area contributed by atoms with Crippen LogP contribution < -0.4 is 5.73 Å². The van der Waals surface area contributed by atoms with E-state index in [2.05, 4.69) is 0 Å². The van der Waals surface area contributed by atoms with Gasteiger partial charge in [0.15, 0.2) is 0 Å². The van der Waals surface area contributed by atoms with Gasteiger partial charge in [-0.05, 0) is 38.5 Å². The highest BCUT2D eigenvalue weighted by Gasteiger charge is 2.17. The second-order valence-corrected chi connectivity index (χ2v) is 5.66. The molecule has 0 saturated carbocycles. The van der Waals surface area contributed by atoms with Gasteiger partial charge in [-0.15, -0.1) is 0 Å². The summed E-state index contributed by atoms with van der Waals surface area (Å²) >= 11 is 0. The van der Waals surface area contributed by atoms with E-state index in [1.807, 2.05) is 0 Å². The fourth-order valence-corrected chi connectivity index (χ4v) is 1.45. The number of hydrogen-bond acceptors (Lipinski definition) is 5. The molecule has 0 aliphatic rings. The first-order valence-corrected chi connectivity index (χ1v) is 6.57. The monoisotopic (exact) mass is 295 g/mol. The SMILES string of the molecule is CC(C)(C)OC(=O)c1ccc(COC[C@H](N)C(=O)O)cc1. The smallest absolute Gasteiger partial charge is 0.338 e. The number of carbonyl (C=O) groups excluding carboxylic acids is 1. The van der Waals surface area contributed by atoms with Crippen molar-refractivity contribution in [1.82, 2.24) is 0 Å². The second-order valence-electron chi connectivity index (χ2n) is 5.66. The number of aliphatic carboxylic acids is 1. The molecule has 0 amide bonds. The Morgan fingerprint density at radius 2 is 1.81 bits per heavy atom. The molecule has 3 N–H and O–H groups in total. The van der Waals surface area contributed by atoms with Gasteiger partial charge in [0.2, 0.25) is 0 Å². The molecule has 1 aromatic carbocycles. The summed E-state index contributed by atoms with van der Waals surface area (Å²) < 4.78 is 10.5. The summed E-state index contributed by atoms with van der Waals surface area (Å²) in [4.78, 5) is 22.3. The summed E-state index contributed by atoms with van der Waals surface area (Å²) in [5.74, 6) is -1.49. The molecule has 0 aromatic heterocycles. The fourth-order valence-electron chi connectivity index (χ4n) is 1.45. The van der Waals surface area contributed by atoms with Crippen LogP contribution in [0.1, 0.15) is 36.7 Å². The zero-order valence-corrected chi connectivity index (χ0v) is 12.5. The van der Waals surface area contributed by atoms with Crippen LogP contribution in [0.15, 0.2) is 24.3 Å². The van der Waals surface area contributed by atoms with E-state index < -0.39 is 17.6 Å². The number of hydrogen-bond donors (Lipinski definition) is 2. The van der Waals surface area contributed by atoms with Crippen LogP contribution in [0.2, 0.25) is 0 Å². The predicted molar refractivity (Wildman–Crippen MR) is 76.9 cm³/mol. The highest BCUT2D eigenvalue weighted by Crippen LogP contribution is 2.13. The first kappa shape index (κ1) is 17.1. The molecule has 1 aromatic rings. The minimum absolute atomic E-state index is 0.0663. The summed E-state index contributed by atoms with van der Waals surface area (Å²) in [6, 6.07) is 5.70. The number of carboxylic acid groups (broad SMARTS) is 1. The van der Waals surface area contributed by atoms with Crippen molar-refractivity contribution >= 4 is 11.9 Å². The maximum atomic E-state index is 11.8. The quantitative estimate of drug-likeness (QED) is 0.773. The summed E-state index contributed by atoms with van der Waals surface area (Å²) in [6.07, 6.45) is 0. The highest BCUT2D eigenvalue weighted by molar-refractivity contribution is 5.89. The molecule has 6 heteroatoms. The molecule has 0 aliphatic heterocycles. The van der Waals surface area contributed by atoms with Crippen LogP contribution in [0.4, 0.5) is 0 Å². The second kappa shape index (κ2) is 7.19. The van der Waals surface area contributed by atoms with Crippen molar-refractivity contribution in [2.45, 2.75) is 39.0 Å². The Morgan fingerprint density at radius 3 is 2.29 bits per heavy atom. The van der Waals surface area contributed by atoms with Gasteiger partial charge >= 0.3 is 11.9 Å². The van der Waals surface area contributed by atoms with Crippen molar-refractivity contribution in [3.8, 4) is 0 Å². The zero-order valence-electron chi connectivity index (χ0n) is 12.5. The Morgan fingerprint density at radius 1 is 1.24 bits per heavy atom. The average Bonchev–Trinajstić information content (AvgIpc) is 2.37. The van der Waals surface area contributed by atoms with Crippen molar-refractivity contribution in [3.63, 3.8) is 0 Å². The Kier molecular flexibility index (Phi) is 5.87. The average molecular weight is 295 g/mol. The fraction of sp³-hybridized carbons (Fsp3) is 0.467. The van der Waals surface area contributed by atoms with Crippen molar-refractivity contribution in [2.24, 2.45) is 5.73 Å². The van der Waals surface area contributed by atoms with Crippen LogP contribution in [-0.2, 0) is 20.9 Å². The summed E-state index contributed by atoms with van der Waals surface area (Å²) in [6.45, 7) is 5.58. The number of carbonyl (C=O) groups is 2. The van der Waals surface area contributed by atoms with Crippen LogP contribution in [-0.4, -0.2) is 35.3 Å². The van der Waals surface area contributed by atoms with E-state index >= 15 is 0 Å². The number of ether oxygens (including phenoxy) is 2. The van der Waals surface area contributed by atoms with Crippen LogP contribution in [0.5, 0.6) is 0 Å². The molecule has 0 aliphatic carbocycles.